The molecule has 0 bridgehead atoms. The van der Waals surface area contributed by atoms with E-state index in [1.165, 1.54) is 11.6 Å². The van der Waals surface area contributed by atoms with Gasteiger partial charge in [0.15, 0.2) is 5.65 Å². The molecule has 0 aliphatic carbocycles. The molecule has 2 atom stereocenters. The number of rotatable bonds is 2. The first-order valence-electron chi connectivity index (χ1n) is 9.03. The third-order valence-corrected chi connectivity index (χ3v) is 5.44. The fraction of sp³-hybridized carbons (Fsp3) is 0.647. The Balaban J connectivity index is 1.64. The summed E-state index contributed by atoms with van der Waals surface area (Å²) in [6.45, 7) is 1.91. The second-order valence-electron chi connectivity index (χ2n) is 7.15. The van der Waals surface area contributed by atoms with Crippen LogP contribution < -0.4 is 11.2 Å². The van der Waals surface area contributed by atoms with Gasteiger partial charge in [-0.3, -0.25) is 18.7 Å². The Morgan fingerprint density at radius 2 is 2.00 bits per heavy atom. The van der Waals surface area contributed by atoms with Crippen molar-refractivity contribution >= 4 is 17.1 Å². The average Bonchev–Trinajstić information content (AvgIpc) is 3.34. The number of likely N-dealkylation sites (tertiary alicyclic amines) is 1. The van der Waals surface area contributed by atoms with E-state index in [1.54, 1.807) is 7.05 Å². The summed E-state index contributed by atoms with van der Waals surface area (Å²) in [5.41, 5.74) is -0.104. The summed E-state index contributed by atoms with van der Waals surface area (Å²) in [4.78, 5) is 46.5. The van der Waals surface area contributed by atoms with Crippen LogP contribution in [0.4, 0.5) is 0 Å². The van der Waals surface area contributed by atoms with Gasteiger partial charge in [0, 0.05) is 39.7 Å². The number of nitrogens with zero attached hydrogens (tertiary/aromatic N) is 4. The Kier molecular flexibility index (Phi) is 4.18. The molecule has 2 aromatic heterocycles. The molecule has 0 saturated carbocycles. The second-order valence-corrected chi connectivity index (χ2v) is 7.15. The molecule has 140 valence electrons. The molecule has 9 heteroatoms. The third-order valence-electron chi connectivity index (χ3n) is 5.44. The third kappa shape index (κ3) is 2.66. The van der Waals surface area contributed by atoms with E-state index < -0.39 is 5.69 Å². The van der Waals surface area contributed by atoms with Crippen molar-refractivity contribution < 1.29 is 9.53 Å². The molecular weight excluding hydrogens is 338 g/mol. The van der Waals surface area contributed by atoms with E-state index in [9.17, 15) is 14.4 Å². The largest absolute Gasteiger partial charge is 0.368 e. The summed E-state index contributed by atoms with van der Waals surface area (Å²) in [5, 5.41) is 0. The summed E-state index contributed by atoms with van der Waals surface area (Å²) in [6, 6.07) is 0. The van der Waals surface area contributed by atoms with Crippen LogP contribution in [-0.2, 0) is 23.6 Å². The molecule has 4 heterocycles. The van der Waals surface area contributed by atoms with Gasteiger partial charge in [0.2, 0.25) is 0 Å². The smallest absolute Gasteiger partial charge is 0.332 e. The van der Waals surface area contributed by atoms with E-state index in [0.29, 0.717) is 30.1 Å². The highest BCUT2D eigenvalue weighted by Crippen LogP contribution is 2.27. The average molecular weight is 361 g/mol. The Morgan fingerprint density at radius 1 is 1.19 bits per heavy atom. The number of fused-ring (bicyclic) bond motifs is 1. The van der Waals surface area contributed by atoms with Crippen LogP contribution in [0, 0.1) is 0 Å². The molecule has 1 N–H and O–H groups in total. The number of aryl methyl sites for hydroxylation is 1. The van der Waals surface area contributed by atoms with Gasteiger partial charge in [-0.05, 0) is 25.7 Å². The summed E-state index contributed by atoms with van der Waals surface area (Å²) in [7, 11) is 3.05. The zero-order valence-electron chi connectivity index (χ0n) is 15.0. The Bertz CT molecular complexity index is 966. The van der Waals surface area contributed by atoms with Gasteiger partial charge in [-0.1, -0.05) is 0 Å². The topological polar surface area (TPSA) is 102 Å². The van der Waals surface area contributed by atoms with E-state index >= 15 is 0 Å². The molecule has 2 saturated heterocycles. The van der Waals surface area contributed by atoms with E-state index in [1.807, 2.05) is 4.90 Å². The van der Waals surface area contributed by atoms with E-state index in [-0.39, 0.29) is 23.5 Å². The van der Waals surface area contributed by atoms with Crippen LogP contribution in [0.5, 0.6) is 0 Å². The summed E-state index contributed by atoms with van der Waals surface area (Å²) in [5.74, 6) is 0.719. The fourth-order valence-electron chi connectivity index (χ4n) is 3.91. The van der Waals surface area contributed by atoms with E-state index in [2.05, 4.69) is 9.97 Å². The lowest BCUT2D eigenvalue weighted by molar-refractivity contribution is -0.142. The van der Waals surface area contributed by atoms with Crippen LogP contribution in [0.3, 0.4) is 0 Å². The van der Waals surface area contributed by atoms with Crippen molar-refractivity contribution in [2.24, 2.45) is 14.1 Å². The lowest BCUT2D eigenvalue weighted by Crippen LogP contribution is -2.44. The number of ether oxygens (including phenoxy) is 1. The number of hydrogen-bond donors (Lipinski definition) is 1. The number of imidazole rings is 1. The van der Waals surface area contributed by atoms with Gasteiger partial charge in [0.25, 0.3) is 11.5 Å². The number of amides is 1. The normalized spacial score (nSPS) is 23.7. The quantitative estimate of drug-likeness (QED) is 0.801. The molecular formula is C17H23N5O4. The van der Waals surface area contributed by atoms with Gasteiger partial charge in [-0.15, -0.1) is 0 Å². The highest BCUT2D eigenvalue weighted by Gasteiger charge is 2.33. The zero-order valence-corrected chi connectivity index (χ0v) is 15.0. The van der Waals surface area contributed by atoms with Crippen LogP contribution in [0.15, 0.2) is 9.59 Å². The van der Waals surface area contributed by atoms with Crippen molar-refractivity contribution in [3.63, 3.8) is 0 Å². The monoisotopic (exact) mass is 361 g/mol. The van der Waals surface area contributed by atoms with Crippen LogP contribution in [-0.4, -0.2) is 55.7 Å². The molecule has 2 aromatic rings. The van der Waals surface area contributed by atoms with Gasteiger partial charge in [-0.25, -0.2) is 9.78 Å². The van der Waals surface area contributed by atoms with Crippen LogP contribution in [0.1, 0.15) is 37.4 Å². The number of piperidine rings is 1. The SMILES string of the molecule is Cn1c(=O)c2[nH]c(C3CCCN(C(=O)C4CCCO4)C3)nc2n(C)c1=O. The lowest BCUT2D eigenvalue weighted by Gasteiger charge is -2.33. The van der Waals surface area contributed by atoms with Crippen molar-refractivity contribution in [2.75, 3.05) is 19.7 Å². The number of H-pyrrole nitrogens is 1. The van der Waals surface area contributed by atoms with Crippen molar-refractivity contribution in [2.45, 2.75) is 37.7 Å². The minimum absolute atomic E-state index is 0.0151. The maximum Gasteiger partial charge on any atom is 0.332 e. The maximum absolute atomic E-state index is 12.6. The number of aromatic amines is 1. The molecule has 2 aliphatic heterocycles. The first kappa shape index (κ1) is 17.0. The van der Waals surface area contributed by atoms with Gasteiger partial charge in [0.05, 0.1) is 0 Å². The number of nitrogens with one attached hydrogen (secondary N) is 1. The highest BCUT2D eigenvalue weighted by atomic mass is 16.5. The molecule has 1 amide bonds. The minimum Gasteiger partial charge on any atom is -0.368 e. The Morgan fingerprint density at radius 3 is 2.73 bits per heavy atom. The van der Waals surface area contributed by atoms with Gasteiger partial charge < -0.3 is 14.6 Å². The predicted molar refractivity (Wildman–Crippen MR) is 94.1 cm³/mol. The first-order chi connectivity index (χ1) is 12.5. The molecule has 0 aromatic carbocycles. The molecule has 2 unspecified atom stereocenters. The minimum atomic E-state index is -0.403. The van der Waals surface area contributed by atoms with Crippen molar-refractivity contribution in [1.29, 1.82) is 0 Å². The number of hydrogen-bond acceptors (Lipinski definition) is 5. The molecule has 2 aliphatic rings. The molecule has 26 heavy (non-hydrogen) atoms. The summed E-state index contributed by atoms with van der Waals surface area (Å²) < 4.78 is 7.96. The zero-order chi connectivity index (χ0) is 18.4. The molecule has 9 nitrogen and oxygen atoms in total. The first-order valence-corrected chi connectivity index (χ1v) is 9.03. The van der Waals surface area contributed by atoms with Crippen LogP contribution >= 0.6 is 0 Å². The molecule has 4 rings (SSSR count). The van der Waals surface area contributed by atoms with Gasteiger partial charge >= 0.3 is 5.69 Å². The van der Waals surface area contributed by atoms with Crippen molar-refractivity contribution in [1.82, 2.24) is 24.0 Å². The predicted octanol–water partition coefficient (Wildman–Crippen LogP) is -0.155. The molecule has 2 fully saturated rings. The Labute approximate surface area is 149 Å². The van der Waals surface area contributed by atoms with Crippen molar-refractivity contribution in [3.05, 3.63) is 26.7 Å². The van der Waals surface area contributed by atoms with Crippen LogP contribution in [0.2, 0.25) is 0 Å². The maximum atomic E-state index is 12.6. The fourth-order valence-corrected chi connectivity index (χ4v) is 3.91. The molecule has 0 spiro atoms. The summed E-state index contributed by atoms with van der Waals surface area (Å²) >= 11 is 0. The number of carbonyl (C=O) groups is 1. The Hall–Kier alpha value is -2.42. The lowest BCUT2D eigenvalue weighted by atomic mass is 9.97. The van der Waals surface area contributed by atoms with Gasteiger partial charge in [0.1, 0.15) is 17.4 Å². The van der Waals surface area contributed by atoms with E-state index in [4.69, 9.17) is 4.74 Å². The second kappa shape index (κ2) is 6.39. The van der Waals surface area contributed by atoms with E-state index in [0.717, 1.165) is 36.8 Å². The standard InChI is InChI=1S/C17H23N5O4/c1-20-14-12(16(24)21(2)17(20)25)18-13(19-14)10-5-3-7-22(9-10)15(23)11-6-4-8-26-11/h10-11H,3-9H2,1-2H3,(H,18,19). The number of aromatic nitrogens is 4. The highest BCUT2D eigenvalue weighted by molar-refractivity contribution is 5.81. The number of carbonyl (C=O) groups excluding carboxylic acids is 1. The molecule has 0 radical (unpaired) electrons. The van der Waals surface area contributed by atoms with Gasteiger partial charge in [-0.2, -0.15) is 0 Å². The van der Waals surface area contributed by atoms with Crippen molar-refractivity contribution in [3.8, 4) is 0 Å². The van der Waals surface area contributed by atoms with Crippen LogP contribution in [0.25, 0.3) is 11.2 Å². The summed E-state index contributed by atoms with van der Waals surface area (Å²) in [6.07, 6.45) is 3.13.